The van der Waals surface area contributed by atoms with Crippen molar-refractivity contribution in [3.63, 3.8) is 0 Å². The molecule has 0 atom stereocenters. The second kappa shape index (κ2) is 9.57. The molecule has 0 saturated carbocycles. The molecule has 9 heteroatoms. The lowest BCUT2D eigenvalue weighted by molar-refractivity contribution is 0.507. The fourth-order valence-electron chi connectivity index (χ4n) is 2.94. The zero-order valence-electron chi connectivity index (χ0n) is 16.8. The van der Waals surface area contributed by atoms with Crippen molar-refractivity contribution in [1.82, 2.24) is 15.0 Å². The number of hydrogen-bond donors (Lipinski definition) is 0. The Morgan fingerprint density at radius 3 is 0.879 bits per heavy atom. The molecule has 0 radical (unpaired) electrons. The number of benzene rings is 3. The van der Waals surface area contributed by atoms with Gasteiger partial charge in [0.25, 0.3) is 18.8 Å². The Morgan fingerprint density at radius 1 is 0.424 bits per heavy atom. The number of aromatic nitrogens is 3. The summed E-state index contributed by atoms with van der Waals surface area (Å²) in [6.07, 6.45) is 4.89. The van der Waals surface area contributed by atoms with Crippen LogP contribution in [0.15, 0.2) is 72.8 Å². The highest BCUT2D eigenvalue weighted by atomic mass is 16.5. The number of ether oxygens (including phenoxy) is 3. The van der Waals surface area contributed by atoms with Crippen LogP contribution in [0.2, 0.25) is 0 Å². The van der Waals surface area contributed by atoms with Crippen molar-refractivity contribution < 1.29 is 14.2 Å². The smallest absolute Gasteiger partial charge is 0.292 e. The predicted octanol–water partition coefficient (Wildman–Crippen LogP) is 4.45. The minimum atomic E-state index is 0.400. The van der Waals surface area contributed by atoms with Gasteiger partial charge < -0.3 is 14.2 Å². The molecule has 1 heterocycles. The Labute approximate surface area is 188 Å². The zero-order chi connectivity index (χ0) is 23.0. The van der Waals surface area contributed by atoms with E-state index in [1.807, 2.05) is 0 Å². The maximum absolute atomic E-state index is 8.68. The highest BCUT2D eigenvalue weighted by Crippen LogP contribution is 2.27. The zero-order valence-corrected chi connectivity index (χ0v) is 16.8. The van der Waals surface area contributed by atoms with E-state index in [2.05, 4.69) is 15.0 Å². The Kier molecular flexibility index (Phi) is 6.03. The molecule has 0 amide bonds. The highest BCUT2D eigenvalue weighted by Gasteiger charge is 2.13. The molecule has 0 spiro atoms. The standard InChI is InChI=1S/C24H12N6O3/c25-13-31-19-7-1-16(2-8-19)22-28-23(17-3-9-20(10-4-17)32-14-26)30-24(29-22)18-5-11-21(12-6-18)33-15-27/h1-12H. The van der Waals surface area contributed by atoms with E-state index >= 15 is 0 Å². The van der Waals surface area contributed by atoms with Crippen molar-refractivity contribution in [2.75, 3.05) is 0 Å². The third-order valence-corrected chi connectivity index (χ3v) is 4.46. The van der Waals surface area contributed by atoms with Gasteiger partial charge in [-0.1, -0.05) is 0 Å². The first-order valence-corrected chi connectivity index (χ1v) is 9.45. The van der Waals surface area contributed by atoms with Crippen LogP contribution in [0.3, 0.4) is 0 Å². The molecule has 9 nitrogen and oxygen atoms in total. The van der Waals surface area contributed by atoms with E-state index in [1.165, 1.54) is 0 Å². The van der Waals surface area contributed by atoms with Crippen LogP contribution in [0.4, 0.5) is 0 Å². The Morgan fingerprint density at radius 2 is 0.667 bits per heavy atom. The van der Waals surface area contributed by atoms with E-state index in [-0.39, 0.29) is 0 Å². The van der Waals surface area contributed by atoms with Gasteiger partial charge in [-0.25, -0.2) is 15.0 Å². The lowest BCUT2D eigenvalue weighted by Gasteiger charge is -2.09. The monoisotopic (exact) mass is 432 g/mol. The van der Waals surface area contributed by atoms with Crippen molar-refractivity contribution >= 4 is 0 Å². The van der Waals surface area contributed by atoms with E-state index in [0.717, 1.165) is 0 Å². The maximum Gasteiger partial charge on any atom is 0.292 e. The predicted molar refractivity (Wildman–Crippen MR) is 115 cm³/mol. The molecule has 0 aliphatic heterocycles. The van der Waals surface area contributed by atoms with Crippen LogP contribution in [0, 0.1) is 34.6 Å². The van der Waals surface area contributed by atoms with Crippen LogP contribution in [0.25, 0.3) is 34.2 Å². The normalized spacial score (nSPS) is 9.73. The van der Waals surface area contributed by atoms with Crippen molar-refractivity contribution in [1.29, 1.82) is 15.8 Å². The van der Waals surface area contributed by atoms with E-state index in [1.54, 1.807) is 91.6 Å². The minimum Gasteiger partial charge on any atom is -0.388 e. The van der Waals surface area contributed by atoms with Gasteiger partial charge in [0.1, 0.15) is 17.2 Å². The lowest BCUT2D eigenvalue weighted by Crippen LogP contribution is -2.00. The van der Waals surface area contributed by atoms with Crippen LogP contribution >= 0.6 is 0 Å². The van der Waals surface area contributed by atoms with Crippen molar-refractivity contribution in [2.45, 2.75) is 0 Å². The van der Waals surface area contributed by atoms with Crippen LogP contribution in [0.5, 0.6) is 17.2 Å². The van der Waals surface area contributed by atoms with Gasteiger partial charge in [-0.3, -0.25) is 0 Å². The Bertz CT molecular complexity index is 1210. The molecule has 1 aromatic heterocycles. The molecule has 156 valence electrons. The Balaban J connectivity index is 1.79. The van der Waals surface area contributed by atoms with Gasteiger partial charge in [0.2, 0.25) is 0 Å². The van der Waals surface area contributed by atoms with E-state index in [4.69, 9.17) is 30.0 Å². The molecule has 0 saturated heterocycles. The SMILES string of the molecule is N#COc1ccc(-c2nc(-c3ccc(OC#N)cc3)nc(-c3ccc(OC#N)cc3)n2)cc1. The van der Waals surface area contributed by atoms with Crippen molar-refractivity contribution in [2.24, 2.45) is 0 Å². The fourth-order valence-corrected chi connectivity index (χ4v) is 2.94. The van der Waals surface area contributed by atoms with E-state index < -0.39 is 0 Å². The van der Waals surface area contributed by atoms with Gasteiger partial charge in [-0.2, -0.15) is 0 Å². The lowest BCUT2D eigenvalue weighted by atomic mass is 10.1. The molecule has 0 aliphatic rings. The molecule has 0 fully saturated rings. The van der Waals surface area contributed by atoms with Gasteiger partial charge in [-0.05, 0) is 72.8 Å². The van der Waals surface area contributed by atoms with Crippen LogP contribution in [-0.2, 0) is 0 Å². The number of rotatable bonds is 6. The largest absolute Gasteiger partial charge is 0.388 e. The molecular formula is C24H12N6O3. The van der Waals surface area contributed by atoms with Crippen molar-refractivity contribution in [3.05, 3.63) is 72.8 Å². The molecule has 0 N–H and O–H groups in total. The van der Waals surface area contributed by atoms with Gasteiger partial charge in [-0.15, -0.1) is 15.8 Å². The third-order valence-electron chi connectivity index (χ3n) is 4.46. The number of nitriles is 3. The summed E-state index contributed by atoms with van der Waals surface area (Å²) in [5.41, 5.74) is 2.08. The summed E-state index contributed by atoms with van der Waals surface area (Å²) in [6.45, 7) is 0. The summed E-state index contributed by atoms with van der Waals surface area (Å²) in [4.78, 5) is 13.8. The summed E-state index contributed by atoms with van der Waals surface area (Å²) in [7, 11) is 0. The van der Waals surface area contributed by atoms with Gasteiger partial charge in [0.05, 0.1) is 0 Å². The molecular weight excluding hydrogens is 420 g/mol. The van der Waals surface area contributed by atoms with Crippen LogP contribution in [0.1, 0.15) is 0 Å². The van der Waals surface area contributed by atoms with Crippen molar-refractivity contribution in [3.8, 4) is 70.2 Å². The second-order valence-corrected chi connectivity index (χ2v) is 6.46. The average molecular weight is 432 g/mol. The first kappa shape index (κ1) is 20.8. The van der Waals surface area contributed by atoms with Crippen LogP contribution < -0.4 is 14.2 Å². The summed E-state index contributed by atoms with van der Waals surface area (Å²) in [5.74, 6) is 2.43. The maximum atomic E-state index is 8.68. The highest BCUT2D eigenvalue weighted by molar-refractivity contribution is 5.67. The molecule has 33 heavy (non-hydrogen) atoms. The summed E-state index contributed by atoms with van der Waals surface area (Å²) in [6, 6.07) is 20.3. The Hall–Kier alpha value is -5.46. The average Bonchev–Trinajstić information content (AvgIpc) is 2.86. The van der Waals surface area contributed by atoms with Gasteiger partial charge in [0, 0.05) is 16.7 Å². The number of hydrogen-bond acceptors (Lipinski definition) is 9. The summed E-state index contributed by atoms with van der Waals surface area (Å²) in [5, 5.41) is 26.0. The quantitative estimate of drug-likeness (QED) is 0.404. The van der Waals surface area contributed by atoms with Gasteiger partial charge >= 0.3 is 0 Å². The van der Waals surface area contributed by atoms with E-state index in [9.17, 15) is 0 Å². The fraction of sp³-hybridized carbons (Fsp3) is 0. The minimum absolute atomic E-state index is 0.400. The molecule has 0 aliphatic carbocycles. The molecule has 4 rings (SSSR count). The van der Waals surface area contributed by atoms with Gasteiger partial charge in [0.15, 0.2) is 17.5 Å². The summed E-state index contributed by atoms with van der Waals surface area (Å²) < 4.78 is 14.5. The summed E-state index contributed by atoms with van der Waals surface area (Å²) >= 11 is 0. The molecule has 3 aromatic carbocycles. The third kappa shape index (κ3) is 4.83. The van der Waals surface area contributed by atoms with Crippen LogP contribution in [-0.4, -0.2) is 15.0 Å². The molecule has 0 unspecified atom stereocenters. The molecule has 0 bridgehead atoms. The topological polar surface area (TPSA) is 138 Å². The first-order valence-electron chi connectivity index (χ1n) is 9.45. The van der Waals surface area contributed by atoms with E-state index in [0.29, 0.717) is 51.4 Å². The molecule has 4 aromatic rings. The second-order valence-electron chi connectivity index (χ2n) is 6.46. The number of nitrogens with zero attached hydrogens (tertiary/aromatic N) is 6. The first-order chi connectivity index (χ1) is 16.2.